The van der Waals surface area contributed by atoms with Crippen LogP contribution in [0.4, 0.5) is 13.2 Å². The number of nitrogens with one attached hydrogen (secondary N) is 1. The highest BCUT2D eigenvalue weighted by molar-refractivity contribution is 6.01. The molecule has 6 heteroatoms. The summed E-state index contributed by atoms with van der Waals surface area (Å²) in [6, 6.07) is 13.8. The summed E-state index contributed by atoms with van der Waals surface area (Å²) in [5, 5.41) is 11.8. The molecule has 0 spiro atoms. The van der Waals surface area contributed by atoms with E-state index in [0.717, 1.165) is 12.1 Å². The molecule has 0 radical (unpaired) electrons. The van der Waals surface area contributed by atoms with E-state index in [0.29, 0.717) is 34.4 Å². The van der Waals surface area contributed by atoms with Crippen molar-refractivity contribution in [3.8, 4) is 28.3 Å². The highest BCUT2D eigenvalue weighted by atomic mass is 19.2. The van der Waals surface area contributed by atoms with Gasteiger partial charge in [0.2, 0.25) is 0 Å². The molecule has 0 fully saturated rings. The molecule has 0 aliphatic carbocycles. The number of hydrogen-bond acceptors (Lipinski definition) is 2. The predicted molar refractivity (Wildman–Crippen MR) is 93.1 cm³/mol. The second-order valence-electron chi connectivity index (χ2n) is 6.15. The topological polar surface area (TPSA) is 52.9 Å². The van der Waals surface area contributed by atoms with Gasteiger partial charge in [0.15, 0.2) is 17.5 Å². The number of carbonyl (C=O) groups excluding carboxylic acids is 1. The molecule has 0 saturated heterocycles. The van der Waals surface area contributed by atoms with Gasteiger partial charge in [-0.05, 0) is 58.7 Å². The molecule has 3 nitrogen and oxygen atoms in total. The van der Waals surface area contributed by atoms with Gasteiger partial charge in [-0.15, -0.1) is 0 Å². The molecule has 27 heavy (non-hydrogen) atoms. The van der Waals surface area contributed by atoms with Gasteiger partial charge in [-0.2, -0.15) is 5.26 Å². The lowest BCUT2D eigenvalue weighted by atomic mass is 9.90. The van der Waals surface area contributed by atoms with Crippen LogP contribution in [0.5, 0.6) is 0 Å². The molecule has 0 atom stereocenters. The molecule has 0 aromatic heterocycles. The lowest BCUT2D eigenvalue weighted by Gasteiger charge is -2.14. The van der Waals surface area contributed by atoms with Gasteiger partial charge in [-0.25, -0.2) is 13.2 Å². The molecule has 1 N–H and O–H groups in total. The number of nitriles is 1. The maximum atomic E-state index is 14.5. The van der Waals surface area contributed by atoms with Crippen molar-refractivity contribution in [1.82, 2.24) is 5.32 Å². The first-order valence-electron chi connectivity index (χ1n) is 8.09. The number of halogens is 3. The van der Waals surface area contributed by atoms with Crippen molar-refractivity contribution >= 4 is 5.91 Å². The van der Waals surface area contributed by atoms with Gasteiger partial charge >= 0.3 is 0 Å². The molecule has 0 bridgehead atoms. The van der Waals surface area contributed by atoms with Crippen LogP contribution in [-0.4, -0.2) is 5.91 Å². The summed E-state index contributed by atoms with van der Waals surface area (Å²) in [7, 11) is 0. The average molecular weight is 364 g/mol. The first kappa shape index (κ1) is 16.9. The minimum absolute atomic E-state index is 0.159. The zero-order valence-electron chi connectivity index (χ0n) is 13.8. The molecule has 1 aliphatic rings. The van der Waals surface area contributed by atoms with Crippen LogP contribution in [0, 0.1) is 28.8 Å². The Labute approximate surface area is 152 Å². The number of amides is 1. The minimum Gasteiger partial charge on any atom is -0.348 e. The second-order valence-corrected chi connectivity index (χ2v) is 6.15. The summed E-state index contributed by atoms with van der Waals surface area (Å²) in [4.78, 5) is 12.0. The number of nitrogens with zero attached hydrogens (tertiary/aromatic N) is 1. The summed E-state index contributed by atoms with van der Waals surface area (Å²) >= 11 is 0. The molecule has 1 amide bonds. The van der Waals surface area contributed by atoms with E-state index in [4.69, 9.17) is 5.26 Å². The van der Waals surface area contributed by atoms with Crippen molar-refractivity contribution in [2.24, 2.45) is 0 Å². The van der Waals surface area contributed by atoms with Gasteiger partial charge in [0.1, 0.15) is 0 Å². The van der Waals surface area contributed by atoms with Gasteiger partial charge in [0.05, 0.1) is 11.6 Å². The van der Waals surface area contributed by atoms with E-state index in [2.05, 4.69) is 5.32 Å². The van der Waals surface area contributed by atoms with E-state index in [1.54, 1.807) is 30.3 Å². The minimum atomic E-state index is -1.57. The molecule has 4 rings (SSSR count). The molecule has 3 aromatic rings. The third kappa shape index (κ3) is 2.74. The Hall–Kier alpha value is -3.59. The fraction of sp³-hybridized carbons (Fsp3) is 0.0476. The van der Waals surface area contributed by atoms with E-state index >= 15 is 0 Å². The van der Waals surface area contributed by atoms with Crippen molar-refractivity contribution in [2.75, 3.05) is 0 Å². The monoisotopic (exact) mass is 364 g/mol. The van der Waals surface area contributed by atoms with E-state index in [9.17, 15) is 18.0 Å². The number of benzene rings is 3. The van der Waals surface area contributed by atoms with Crippen molar-refractivity contribution in [1.29, 1.82) is 5.26 Å². The number of rotatable bonds is 2. The molecular weight excluding hydrogens is 353 g/mol. The van der Waals surface area contributed by atoms with Gasteiger partial charge in [0.25, 0.3) is 5.91 Å². The van der Waals surface area contributed by atoms with Gasteiger partial charge < -0.3 is 5.32 Å². The third-order valence-electron chi connectivity index (χ3n) is 4.56. The van der Waals surface area contributed by atoms with Crippen LogP contribution >= 0.6 is 0 Å². The van der Waals surface area contributed by atoms with Crippen LogP contribution < -0.4 is 5.32 Å². The number of hydrogen-bond donors (Lipinski definition) is 1. The molecule has 0 saturated carbocycles. The van der Waals surface area contributed by atoms with E-state index < -0.39 is 17.5 Å². The van der Waals surface area contributed by atoms with Crippen molar-refractivity contribution in [2.45, 2.75) is 6.54 Å². The smallest absolute Gasteiger partial charge is 0.251 e. The quantitative estimate of drug-likeness (QED) is 0.678. The molecule has 1 heterocycles. The average Bonchev–Trinajstić information content (AvgIpc) is 3.05. The Kier molecular flexibility index (Phi) is 3.93. The highest BCUT2D eigenvalue weighted by Crippen LogP contribution is 2.38. The largest absolute Gasteiger partial charge is 0.348 e. The van der Waals surface area contributed by atoms with E-state index in [1.807, 2.05) is 6.07 Å². The first-order valence-corrected chi connectivity index (χ1v) is 8.09. The maximum Gasteiger partial charge on any atom is 0.251 e. The standard InChI is InChI=1S/C21H11F3N2O/c22-18-5-4-14(19(23)20(18)24)17-8-16-13(10-26-21(16)27)7-15(17)12-3-1-2-11(6-12)9-25/h1-8H,10H2,(H,26,27). The Morgan fingerprint density at radius 3 is 2.48 bits per heavy atom. The normalized spacial score (nSPS) is 12.4. The van der Waals surface area contributed by atoms with Crippen molar-refractivity contribution < 1.29 is 18.0 Å². The first-order chi connectivity index (χ1) is 13.0. The van der Waals surface area contributed by atoms with Gasteiger partial charge in [-0.1, -0.05) is 12.1 Å². The Balaban J connectivity index is 2.03. The lowest BCUT2D eigenvalue weighted by molar-refractivity contribution is 0.0966. The lowest BCUT2D eigenvalue weighted by Crippen LogP contribution is -2.12. The SMILES string of the molecule is N#Cc1cccc(-c2cc3c(cc2-c2ccc(F)c(F)c2F)C(=O)NC3)c1. The second kappa shape index (κ2) is 6.29. The van der Waals surface area contributed by atoms with Crippen LogP contribution in [0.3, 0.4) is 0 Å². The Bertz CT molecular complexity index is 1150. The summed E-state index contributed by atoms with van der Waals surface area (Å²) < 4.78 is 41.6. The molecule has 0 unspecified atom stereocenters. The zero-order chi connectivity index (χ0) is 19.1. The van der Waals surface area contributed by atoms with Crippen LogP contribution in [-0.2, 0) is 6.54 Å². The Morgan fingerprint density at radius 2 is 1.70 bits per heavy atom. The van der Waals surface area contributed by atoms with Crippen LogP contribution in [0.25, 0.3) is 22.3 Å². The summed E-state index contributed by atoms with van der Waals surface area (Å²) in [5.74, 6) is -4.50. The summed E-state index contributed by atoms with van der Waals surface area (Å²) in [5.41, 5.74) is 2.69. The molecule has 3 aromatic carbocycles. The molecule has 132 valence electrons. The van der Waals surface area contributed by atoms with Crippen molar-refractivity contribution in [3.63, 3.8) is 0 Å². The third-order valence-corrected chi connectivity index (χ3v) is 4.56. The summed E-state index contributed by atoms with van der Waals surface area (Å²) in [6.07, 6.45) is 0. The van der Waals surface area contributed by atoms with E-state index in [-0.39, 0.29) is 17.0 Å². The maximum absolute atomic E-state index is 14.5. The van der Waals surface area contributed by atoms with Crippen LogP contribution in [0.2, 0.25) is 0 Å². The number of carbonyl (C=O) groups is 1. The molecular formula is C21H11F3N2O. The predicted octanol–water partition coefficient (Wildman–Crippen LogP) is 4.55. The zero-order valence-corrected chi connectivity index (χ0v) is 13.8. The van der Waals surface area contributed by atoms with Crippen LogP contribution in [0.15, 0.2) is 48.5 Å². The molecule has 1 aliphatic heterocycles. The number of fused-ring (bicyclic) bond motifs is 1. The van der Waals surface area contributed by atoms with E-state index in [1.165, 1.54) is 6.07 Å². The highest BCUT2D eigenvalue weighted by Gasteiger charge is 2.24. The van der Waals surface area contributed by atoms with Crippen molar-refractivity contribution in [3.05, 3.63) is 82.7 Å². The fourth-order valence-corrected chi connectivity index (χ4v) is 3.22. The summed E-state index contributed by atoms with van der Waals surface area (Å²) in [6.45, 7) is 0.319. The van der Waals surface area contributed by atoms with Crippen LogP contribution in [0.1, 0.15) is 21.5 Å². The van der Waals surface area contributed by atoms with Gasteiger partial charge in [0, 0.05) is 17.7 Å². The Morgan fingerprint density at radius 1 is 0.889 bits per heavy atom. The fourth-order valence-electron chi connectivity index (χ4n) is 3.22. The van der Waals surface area contributed by atoms with Gasteiger partial charge in [-0.3, -0.25) is 4.79 Å².